The summed E-state index contributed by atoms with van der Waals surface area (Å²) in [5.74, 6) is 0.209. The summed E-state index contributed by atoms with van der Waals surface area (Å²) in [7, 11) is 1.54. The van der Waals surface area contributed by atoms with Gasteiger partial charge in [0.1, 0.15) is 15.6 Å². The van der Waals surface area contributed by atoms with Crippen molar-refractivity contribution in [1.29, 1.82) is 0 Å². The molecule has 3 rings (SSSR count). The van der Waals surface area contributed by atoms with Gasteiger partial charge < -0.3 is 10.1 Å². The molecule has 0 saturated heterocycles. The number of nitro groups is 1. The third kappa shape index (κ3) is 4.54. The molecule has 2 aromatic carbocycles. The SMILES string of the molecule is CNC(=O)c1cnc(/C=C/c2ccc(Oc3ccccc3Cl)c([N+](=O)[O-])c2)s1. The van der Waals surface area contributed by atoms with Crippen molar-refractivity contribution in [3.8, 4) is 11.5 Å². The number of para-hydroxylation sites is 1. The molecule has 0 aliphatic carbocycles. The molecule has 9 heteroatoms. The van der Waals surface area contributed by atoms with Crippen LogP contribution in [-0.2, 0) is 0 Å². The number of thiazole rings is 1. The monoisotopic (exact) mass is 415 g/mol. The van der Waals surface area contributed by atoms with Gasteiger partial charge in [-0.2, -0.15) is 0 Å². The van der Waals surface area contributed by atoms with Crippen molar-refractivity contribution < 1.29 is 14.5 Å². The first-order chi connectivity index (χ1) is 13.5. The molecule has 7 nitrogen and oxygen atoms in total. The van der Waals surface area contributed by atoms with Gasteiger partial charge in [0.15, 0.2) is 0 Å². The Morgan fingerprint density at radius 3 is 2.75 bits per heavy atom. The van der Waals surface area contributed by atoms with Crippen LogP contribution in [-0.4, -0.2) is 22.9 Å². The second kappa shape index (κ2) is 8.64. The number of nitrogens with zero attached hydrogens (tertiary/aromatic N) is 2. The van der Waals surface area contributed by atoms with Gasteiger partial charge in [-0.3, -0.25) is 14.9 Å². The molecule has 0 spiro atoms. The number of amides is 1. The van der Waals surface area contributed by atoms with Crippen molar-refractivity contribution in [2.75, 3.05) is 7.05 Å². The van der Waals surface area contributed by atoms with E-state index in [9.17, 15) is 14.9 Å². The number of nitro benzene ring substituents is 1. The quantitative estimate of drug-likeness (QED) is 0.450. The lowest BCUT2D eigenvalue weighted by Gasteiger charge is -2.08. The van der Waals surface area contributed by atoms with Crippen LogP contribution in [0, 0.1) is 10.1 Å². The van der Waals surface area contributed by atoms with E-state index in [0.717, 1.165) is 0 Å². The highest BCUT2D eigenvalue weighted by Crippen LogP contribution is 2.35. The molecular formula is C19H14ClN3O4S. The molecule has 1 heterocycles. The van der Waals surface area contributed by atoms with E-state index in [1.165, 1.54) is 29.7 Å². The van der Waals surface area contributed by atoms with Crippen LogP contribution < -0.4 is 10.1 Å². The summed E-state index contributed by atoms with van der Waals surface area (Å²) in [4.78, 5) is 27.1. The molecule has 0 aliphatic rings. The minimum absolute atomic E-state index is 0.0893. The Kier molecular flexibility index (Phi) is 6.03. The van der Waals surface area contributed by atoms with E-state index < -0.39 is 4.92 Å². The second-order valence-electron chi connectivity index (χ2n) is 5.49. The molecule has 28 heavy (non-hydrogen) atoms. The zero-order chi connectivity index (χ0) is 20.1. The molecular weight excluding hydrogens is 402 g/mol. The maximum atomic E-state index is 11.6. The van der Waals surface area contributed by atoms with Crippen LogP contribution in [0.4, 0.5) is 5.69 Å². The first-order valence-electron chi connectivity index (χ1n) is 8.04. The fraction of sp³-hybridized carbons (Fsp3) is 0.0526. The number of nitrogens with one attached hydrogen (secondary N) is 1. The summed E-state index contributed by atoms with van der Waals surface area (Å²) < 4.78 is 5.61. The third-order valence-corrected chi connectivity index (χ3v) is 4.90. The van der Waals surface area contributed by atoms with Crippen LogP contribution >= 0.6 is 22.9 Å². The molecule has 1 aromatic heterocycles. The number of aromatic nitrogens is 1. The van der Waals surface area contributed by atoms with E-state index >= 15 is 0 Å². The van der Waals surface area contributed by atoms with Crippen molar-refractivity contribution in [3.05, 3.63) is 79.2 Å². The number of benzene rings is 2. The van der Waals surface area contributed by atoms with Crippen LogP contribution in [0.5, 0.6) is 11.5 Å². The van der Waals surface area contributed by atoms with Crippen molar-refractivity contribution in [1.82, 2.24) is 10.3 Å². The molecule has 0 atom stereocenters. The standard InChI is InChI=1S/C19H14ClN3O4S/c1-21-19(24)17-11-22-18(28-17)9-7-12-6-8-16(14(10-12)23(25)26)27-15-5-3-2-4-13(15)20/h2-11H,1H3,(H,21,24)/b9-7+. The van der Waals surface area contributed by atoms with E-state index in [1.807, 2.05) is 0 Å². The highest BCUT2D eigenvalue weighted by Gasteiger charge is 2.17. The average molecular weight is 416 g/mol. The Morgan fingerprint density at radius 1 is 1.25 bits per heavy atom. The minimum Gasteiger partial charge on any atom is -0.449 e. The number of ether oxygens (including phenoxy) is 1. The second-order valence-corrected chi connectivity index (χ2v) is 6.96. The Bertz CT molecular complexity index is 1060. The molecule has 1 N–H and O–H groups in total. The van der Waals surface area contributed by atoms with Gasteiger partial charge in [0.2, 0.25) is 5.75 Å². The average Bonchev–Trinajstić information content (AvgIpc) is 3.17. The summed E-state index contributed by atoms with van der Waals surface area (Å²) >= 11 is 7.27. The van der Waals surface area contributed by atoms with Crippen molar-refractivity contribution in [2.45, 2.75) is 0 Å². The summed E-state index contributed by atoms with van der Waals surface area (Å²) in [6.07, 6.45) is 4.84. The fourth-order valence-electron chi connectivity index (χ4n) is 2.27. The predicted molar refractivity (Wildman–Crippen MR) is 109 cm³/mol. The van der Waals surface area contributed by atoms with E-state index in [0.29, 0.717) is 26.2 Å². The smallest absolute Gasteiger partial charge is 0.312 e. The van der Waals surface area contributed by atoms with Crippen molar-refractivity contribution >= 4 is 46.7 Å². The Balaban J connectivity index is 1.84. The van der Waals surface area contributed by atoms with Crippen molar-refractivity contribution in [3.63, 3.8) is 0 Å². The molecule has 1 amide bonds. The van der Waals surface area contributed by atoms with E-state index in [-0.39, 0.29) is 17.3 Å². The maximum Gasteiger partial charge on any atom is 0.312 e. The predicted octanol–water partition coefficient (Wildman–Crippen LogP) is 5.03. The van der Waals surface area contributed by atoms with Gasteiger partial charge in [0.05, 0.1) is 16.1 Å². The van der Waals surface area contributed by atoms with E-state index in [2.05, 4.69) is 10.3 Å². The lowest BCUT2D eigenvalue weighted by Crippen LogP contribution is -2.16. The lowest BCUT2D eigenvalue weighted by molar-refractivity contribution is -0.385. The van der Waals surface area contributed by atoms with Crippen LogP contribution in [0.25, 0.3) is 12.2 Å². The summed E-state index contributed by atoms with van der Waals surface area (Å²) in [6.45, 7) is 0. The first kappa shape index (κ1) is 19.5. The minimum atomic E-state index is -0.517. The summed E-state index contributed by atoms with van der Waals surface area (Å²) in [5.41, 5.74) is 0.405. The third-order valence-electron chi connectivity index (χ3n) is 3.63. The zero-order valence-electron chi connectivity index (χ0n) is 14.6. The number of rotatable bonds is 6. The van der Waals surface area contributed by atoms with Gasteiger partial charge in [0, 0.05) is 13.1 Å². The zero-order valence-corrected chi connectivity index (χ0v) is 16.2. The van der Waals surface area contributed by atoms with E-state index in [1.54, 1.807) is 49.5 Å². The van der Waals surface area contributed by atoms with Gasteiger partial charge in [-0.05, 0) is 29.8 Å². The van der Waals surface area contributed by atoms with Crippen molar-refractivity contribution in [2.24, 2.45) is 0 Å². The van der Waals surface area contributed by atoms with Crippen LogP contribution in [0.15, 0.2) is 48.7 Å². The topological polar surface area (TPSA) is 94.4 Å². The van der Waals surface area contributed by atoms with Gasteiger partial charge in [-0.15, -0.1) is 11.3 Å². The number of hydrogen-bond donors (Lipinski definition) is 1. The number of carbonyl (C=O) groups excluding carboxylic acids is 1. The molecule has 3 aromatic rings. The van der Waals surface area contributed by atoms with Crippen LogP contribution in [0.3, 0.4) is 0 Å². The Hall–Kier alpha value is -3.23. The molecule has 142 valence electrons. The van der Waals surface area contributed by atoms with Gasteiger partial charge >= 0.3 is 5.69 Å². The Labute approximate surface area is 169 Å². The van der Waals surface area contributed by atoms with E-state index in [4.69, 9.17) is 16.3 Å². The number of carbonyl (C=O) groups is 1. The number of hydrogen-bond acceptors (Lipinski definition) is 6. The van der Waals surface area contributed by atoms with Gasteiger partial charge in [0.25, 0.3) is 5.91 Å². The maximum absolute atomic E-state index is 11.6. The molecule has 0 fully saturated rings. The van der Waals surface area contributed by atoms with Crippen LogP contribution in [0.2, 0.25) is 5.02 Å². The largest absolute Gasteiger partial charge is 0.449 e. The Morgan fingerprint density at radius 2 is 2.04 bits per heavy atom. The molecule has 0 aliphatic heterocycles. The molecule has 0 saturated carbocycles. The first-order valence-corrected chi connectivity index (χ1v) is 9.24. The molecule has 0 bridgehead atoms. The normalized spacial score (nSPS) is 10.8. The fourth-order valence-corrected chi connectivity index (χ4v) is 3.21. The van der Waals surface area contributed by atoms with Gasteiger partial charge in [-0.1, -0.05) is 35.9 Å². The molecule has 0 radical (unpaired) electrons. The van der Waals surface area contributed by atoms with Crippen LogP contribution in [0.1, 0.15) is 20.2 Å². The highest BCUT2D eigenvalue weighted by atomic mass is 35.5. The number of halogens is 1. The summed E-state index contributed by atoms with van der Waals surface area (Å²) in [6, 6.07) is 11.3. The highest BCUT2D eigenvalue weighted by molar-refractivity contribution is 7.14. The lowest BCUT2D eigenvalue weighted by atomic mass is 10.1. The molecule has 0 unspecified atom stereocenters. The summed E-state index contributed by atoms with van der Waals surface area (Å²) in [5, 5.41) is 14.9. The van der Waals surface area contributed by atoms with Gasteiger partial charge in [-0.25, -0.2) is 4.98 Å².